The second kappa shape index (κ2) is 7.52. The number of hydrogen-bond acceptors (Lipinski definition) is 1. The maximum Gasteiger partial charge on any atom is 0.0439 e. The zero-order valence-corrected chi connectivity index (χ0v) is 13.9. The third-order valence-corrected chi connectivity index (χ3v) is 4.56. The van der Waals surface area contributed by atoms with Crippen LogP contribution in [0.1, 0.15) is 39.7 Å². The lowest BCUT2D eigenvalue weighted by molar-refractivity contribution is 0.208. The molecule has 0 saturated carbocycles. The van der Waals surface area contributed by atoms with E-state index in [1.807, 2.05) is 18.2 Å². The van der Waals surface area contributed by atoms with Gasteiger partial charge in [-0.15, -0.1) is 0 Å². The van der Waals surface area contributed by atoms with E-state index in [9.17, 15) is 0 Å². The molecule has 0 heterocycles. The molecular weight excluding hydrogens is 277 g/mol. The van der Waals surface area contributed by atoms with Gasteiger partial charge in [-0.2, -0.15) is 0 Å². The number of nitrogens with one attached hydrogen (secondary N) is 1. The second-order valence-corrected chi connectivity index (χ2v) is 6.74. The van der Waals surface area contributed by atoms with E-state index in [0.717, 1.165) is 41.5 Å². The number of rotatable bonds is 7. The zero-order valence-electron chi connectivity index (χ0n) is 12.4. The molecule has 0 saturated heterocycles. The van der Waals surface area contributed by atoms with E-state index in [2.05, 4.69) is 33.0 Å². The Kier molecular flexibility index (Phi) is 6.65. The van der Waals surface area contributed by atoms with Crippen molar-refractivity contribution in [3.63, 3.8) is 0 Å². The molecule has 1 atom stereocenters. The number of benzene rings is 1. The van der Waals surface area contributed by atoms with Crippen molar-refractivity contribution >= 4 is 23.2 Å². The lowest BCUT2D eigenvalue weighted by Crippen LogP contribution is -2.38. The van der Waals surface area contributed by atoms with Gasteiger partial charge in [0.1, 0.15) is 0 Å². The maximum atomic E-state index is 6.29. The van der Waals surface area contributed by atoms with Crippen LogP contribution in [0, 0.1) is 11.3 Å². The summed E-state index contributed by atoms with van der Waals surface area (Å²) in [5.41, 5.74) is 1.33. The summed E-state index contributed by atoms with van der Waals surface area (Å²) in [6.07, 6.45) is 2.10. The van der Waals surface area contributed by atoms with Gasteiger partial charge in [-0.3, -0.25) is 0 Å². The Morgan fingerprint density at radius 3 is 2.53 bits per heavy atom. The molecule has 1 aromatic carbocycles. The number of hydrogen-bond donors (Lipinski definition) is 1. The Balaban J connectivity index is 2.85. The fourth-order valence-corrected chi connectivity index (χ4v) is 2.51. The summed E-state index contributed by atoms with van der Waals surface area (Å²) in [5.74, 6) is 0.576. The molecule has 0 bridgehead atoms. The molecule has 1 N–H and O–H groups in total. The van der Waals surface area contributed by atoms with Crippen LogP contribution < -0.4 is 5.32 Å². The molecule has 0 aliphatic carbocycles. The van der Waals surface area contributed by atoms with Gasteiger partial charge >= 0.3 is 0 Å². The lowest BCUT2D eigenvalue weighted by Gasteiger charge is -2.35. The van der Waals surface area contributed by atoms with Crippen LogP contribution in [0.4, 0.5) is 0 Å². The first-order valence-corrected chi connectivity index (χ1v) is 7.79. The SMILES string of the molecule is CCCNCC(C)(Cc1cc(Cl)ccc1Cl)C(C)C. The smallest absolute Gasteiger partial charge is 0.0439 e. The molecule has 1 aromatic rings. The van der Waals surface area contributed by atoms with Gasteiger partial charge in [0.25, 0.3) is 0 Å². The molecule has 0 amide bonds. The van der Waals surface area contributed by atoms with Gasteiger partial charge in [0.05, 0.1) is 0 Å². The Labute approximate surface area is 127 Å². The molecule has 3 heteroatoms. The van der Waals surface area contributed by atoms with Gasteiger partial charge in [-0.1, -0.05) is 50.9 Å². The van der Waals surface area contributed by atoms with Gasteiger partial charge in [0, 0.05) is 16.6 Å². The van der Waals surface area contributed by atoms with Gasteiger partial charge < -0.3 is 5.32 Å². The van der Waals surface area contributed by atoms with Crippen LogP contribution >= 0.6 is 23.2 Å². The van der Waals surface area contributed by atoms with Crippen LogP contribution in [0.15, 0.2) is 18.2 Å². The van der Waals surface area contributed by atoms with Crippen molar-refractivity contribution in [1.82, 2.24) is 5.32 Å². The molecule has 0 aliphatic heterocycles. The minimum absolute atomic E-state index is 0.184. The summed E-state index contributed by atoms with van der Waals surface area (Å²) >= 11 is 12.4. The minimum atomic E-state index is 0.184. The van der Waals surface area contributed by atoms with Crippen molar-refractivity contribution in [2.75, 3.05) is 13.1 Å². The van der Waals surface area contributed by atoms with Crippen molar-refractivity contribution in [3.8, 4) is 0 Å². The molecule has 19 heavy (non-hydrogen) atoms. The Bertz CT molecular complexity index is 404. The average Bonchev–Trinajstić information content (AvgIpc) is 2.34. The second-order valence-electron chi connectivity index (χ2n) is 5.90. The van der Waals surface area contributed by atoms with Crippen molar-refractivity contribution in [2.45, 2.75) is 40.5 Å². The fraction of sp³-hybridized carbons (Fsp3) is 0.625. The molecule has 1 unspecified atom stereocenters. The van der Waals surface area contributed by atoms with Crippen LogP contribution in [-0.2, 0) is 6.42 Å². The normalized spacial score (nSPS) is 14.7. The van der Waals surface area contributed by atoms with E-state index in [0.29, 0.717) is 5.92 Å². The summed E-state index contributed by atoms with van der Waals surface area (Å²) in [6.45, 7) is 11.1. The van der Waals surface area contributed by atoms with Crippen molar-refractivity contribution in [1.29, 1.82) is 0 Å². The molecule has 0 aliphatic rings. The van der Waals surface area contributed by atoms with E-state index in [1.165, 1.54) is 0 Å². The highest BCUT2D eigenvalue weighted by molar-refractivity contribution is 6.33. The Morgan fingerprint density at radius 1 is 1.26 bits per heavy atom. The highest BCUT2D eigenvalue weighted by Crippen LogP contribution is 2.34. The standard InChI is InChI=1S/C16H25Cl2N/c1-5-8-19-11-16(4,12(2)3)10-13-9-14(17)6-7-15(13)18/h6-7,9,12,19H,5,8,10-11H2,1-4H3. The lowest BCUT2D eigenvalue weighted by atomic mass is 9.74. The largest absolute Gasteiger partial charge is 0.316 e. The topological polar surface area (TPSA) is 12.0 Å². The van der Waals surface area contributed by atoms with E-state index >= 15 is 0 Å². The quantitative estimate of drug-likeness (QED) is 0.683. The molecule has 0 spiro atoms. The molecule has 108 valence electrons. The summed E-state index contributed by atoms with van der Waals surface area (Å²) in [5, 5.41) is 5.10. The van der Waals surface area contributed by atoms with Crippen molar-refractivity contribution < 1.29 is 0 Å². The molecular formula is C16H25Cl2N. The minimum Gasteiger partial charge on any atom is -0.316 e. The Hall–Kier alpha value is -0.240. The highest BCUT2D eigenvalue weighted by Gasteiger charge is 2.29. The average molecular weight is 302 g/mol. The first-order chi connectivity index (χ1) is 8.89. The van der Waals surface area contributed by atoms with Crippen LogP contribution in [-0.4, -0.2) is 13.1 Å². The molecule has 0 radical (unpaired) electrons. The van der Waals surface area contributed by atoms with Gasteiger partial charge in [-0.05, 0) is 54.5 Å². The van der Waals surface area contributed by atoms with Crippen molar-refractivity contribution in [2.24, 2.45) is 11.3 Å². The predicted octanol–water partition coefficient (Wildman–Crippen LogP) is 5.20. The first kappa shape index (κ1) is 16.8. The van der Waals surface area contributed by atoms with E-state index < -0.39 is 0 Å². The number of halogens is 2. The third kappa shape index (κ3) is 4.98. The van der Waals surface area contributed by atoms with E-state index in [-0.39, 0.29) is 5.41 Å². The monoisotopic (exact) mass is 301 g/mol. The van der Waals surface area contributed by atoms with Crippen molar-refractivity contribution in [3.05, 3.63) is 33.8 Å². The fourth-order valence-electron chi connectivity index (χ4n) is 2.14. The molecule has 0 fully saturated rings. The molecule has 0 aromatic heterocycles. The molecule has 1 nitrogen and oxygen atoms in total. The van der Waals surface area contributed by atoms with Gasteiger partial charge in [0.15, 0.2) is 0 Å². The summed E-state index contributed by atoms with van der Waals surface area (Å²) < 4.78 is 0. The maximum absolute atomic E-state index is 6.29. The van der Waals surface area contributed by atoms with Gasteiger partial charge in [-0.25, -0.2) is 0 Å². The van der Waals surface area contributed by atoms with Gasteiger partial charge in [0.2, 0.25) is 0 Å². The Morgan fingerprint density at radius 2 is 1.95 bits per heavy atom. The zero-order chi connectivity index (χ0) is 14.5. The predicted molar refractivity (Wildman–Crippen MR) is 86.3 cm³/mol. The summed E-state index contributed by atoms with van der Waals surface area (Å²) in [4.78, 5) is 0. The first-order valence-electron chi connectivity index (χ1n) is 7.03. The highest BCUT2D eigenvalue weighted by atomic mass is 35.5. The van der Waals surface area contributed by atoms with Crippen LogP contribution in [0.3, 0.4) is 0 Å². The summed E-state index contributed by atoms with van der Waals surface area (Å²) in [7, 11) is 0. The molecule has 1 rings (SSSR count). The summed E-state index contributed by atoms with van der Waals surface area (Å²) in [6, 6.07) is 5.72. The third-order valence-electron chi connectivity index (χ3n) is 3.95. The van der Waals surface area contributed by atoms with Crippen LogP contribution in [0.5, 0.6) is 0 Å². The van der Waals surface area contributed by atoms with E-state index in [1.54, 1.807) is 0 Å². The van der Waals surface area contributed by atoms with Crippen LogP contribution in [0.25, 0.3) is 0 Å². The van der Waals surface area contributed by atoms with Crippen LogP contribution in [0.2, 0.25) is 10.0 Å². The van der Waals surface area contributed by atoms with E-state index in [4.69, 9.17) is 23.2 Å².